The quantitative estimate of drug-likeness (QED) is 0.294. The van der Waals surface area contributed by atoms with Crippen molar-refractivity contribution < 1.29 is 23.9 Å². The van der Waals surface area contributed by atoms with E-state index in [9.17, 15) is 19.2 Å². The van der Waals surface area contributed by atoms with Crippen molar-refractivity contribution in [2.75, 3.05) is 5.32 Å². The minimum Gasteiger partial charge on any atom is -0.444 e. The van der Waals surface area contributed by atoms with Gasteiger partial charge < -0.3 is 21.1 Å². The van der Waals surface area contributed by atoms with Crippen LogP contribution < -0.4 is 16.4 Å². The highest BCUT2D eigenvalue weighted by atomic mass is 35.5. The number of terminal acetylenes is 1. The summed E-state index contributed by atoms with van der Waals surface area (Å²) in [6.07, 6.45) is 6.08. The van der Waals surface area contributed by atoms with Crippen molar-refractivity contribution in [1.82, 2.24) is 10.2 Å². The van der Waals surface area contributed by atoms with Gasteiger partial charge in [0.05, 0.1) is 10.7 Å². The molecule has 2 rings (SSSR count). The van der Waals surface area contributed by atoms with Gasteiger partial charge in [-0.3, -0.25) is 19.3 Å². The van der Waals surface area contributed by atoms with Crippen molar-refractivity contribution >= 4 is 47.2 Å². The van der Waals surface area contributed by atoms with E-state index in [0.29, 0.717) is 27.4 Å². The highest BCUT2D eigenvalue weighted by Crippen LogP contribution is 2.29. The summed E-state index contributed by atoms with van der Waals surface area (Å²) >= 11 is 6.33. The molecule has 10 heteroatoms. The second kappa shape index (κ2) is 13.5. The molecular weight excluding hydrogens is 520 g/mol. The number of hydrogen-bond acceptors (Lipinski definition) is 5. The Morgan fingerprint density at radius 3 is 2.44 bits per heavy atom. The third-order valence-corrected chi connectivity index (χ3v) is 5.80. The summed E-state index contributed by atoms with van der Waals surface area (Å²) in [7, 11) is 0. The van der Waals surface area contributed by atoms with Gasteiger partial charge in [0.2, 0.25) is 5.91 Å². The molecule has 0 saturated carbocycles. The van der Waals surface area contributed by atoms with E-state index in [2.05, 4.69) is 23.3 Å². The van der Waals surface area contributed by atoms with Crippen molar-refractivity contribution in [1.29, 1.82) is 0 Å². The molecule has 0 spiro atoms. The summed E-state index contributed by atoms with van der Waals surface area (Å²) in [4.78, 5) is 52.4. The summed E-state index contributed by atoms with van der Waals surface area (Å²) in [5.41, 5.74) is 6.55. The van der Waals surface area contributed by atoms with Crippen LogP contribution in [0.4, 0.5) is 10.5 Å². The minimum atomic E-state index is -1.34. The Labute approximate surface area is 233 Å². The molecule has 39 heavy (non-hydrogen) atoms. The molecule has 0 saturated heterocycles. The monoisotopic (exact) mass is 552 g/mol. The Balaban J connectivity index is 2.55. The molecule has 0 radical (unpaired) electrons. The number of halogens is 1. The van der Waals surface area contributed by atoms with E-state index in [1.54, 1.807) is 76.2 Å². The molecule has 9 nitrogen and oxygen atoms in total. The molecule has 0 aliphatic rings. The number of nitrogens with zero attached hydrogens (tertiary/aromatic N) is 1. The predicted octanol–water partition coefficient (Wildman–Crippen LogP) is 4.55. The Morgan fingerprint density at radius 2 is 1.87 bits per heavy atom. The molecule has 0 bridgehead atoms. The number of amides is 4. The largest absolute Gasteiger partial charge is 0.444 e. The smallest absolute Gasteiger partial charge is 0.408 e. The molecule has 4 N–H and O–H groups in total. The van der Waals surface area contributed by atoms with Gasteiger partial charge in [-0.2, -0.15) is 0 Å². The first kappa shape index (κ1) is 30.9. The molecule has 0 aliphatic carbocycles. The van der Waals surface area contributed by atoms with E-state index in [1.807, 2.05) is 0 Å². The second-order valence-electron chi connectivity index (χ2n) is 9.74. The van der Waals surface area contributed by atoms with Crippen molar-refractivity contribution in [2.24, 2.45) is 5.73 Å². The van der Waals surface area contributed by atoms with E-state index in [0.717, 1.165) is 4.90 Å². The fourth-order valence-electron chi connectivity index (χ4n) is 3.68. The first-order valence-corrected chi connectivity index (χ1v) is 12.5. The lowest BCUT2D eigenvalue weighted by Gasteiger charge is -2.30. The zero-order valence-electron chi connectivity index (χ0n) is 22.4. The third-order valence-electron chi connectivity index (χ3n) is 5.48. The topological polar surface area (TPSA) is 131 Å². The minimum absolute atomic E-state index is 0.170. The first-order valence-electron chi connectivity index (χ1n) is 12.1. The first-order chi connectivity index (χ1) is 18.3. The van der Waals surface area contributed by atoms with Crippen LogP contribution in [0.3, 0.4) is 0 Å². The summed E-state index contributed by atoms with van der Waals surface area (Å²) in [6, 6.07) is 11.5. The number of rotatable bonds is 10. The molecular formula is C29H33ClN4O5. The van der Waals surface area contributed by atoms with Gasteiger partial charge >= 0.3 is 6.09 Å². The van der Waals surface area contributed by atoms with Gasteiger partial charge in [-0.05, 0) is 62.9 Å². The van der Waals surface area contributed by atoms with Crippen LogP contribution in [0, 0.1) is 19.4 Å². The van der Waals surface area contributed by atoms with Crippen LogP contribution in [0.25, 0.3) is 6.08 Å². The number of alkyl carbamates (subject to hydrolysis) is 1. The molecule has 4 amide bonds. The number of nitrogens with two attached hydrogens (primary N) is 1. The number of anilines is 1. The van der Waals surface area contributed by atoms with Gasteiger partial charge in [0, 0.05) is 12.5 Å². The summed E-state index contributed by atoms with van der Waals surface area (Å²) in [6.45, 7) is 10.5. The van der Waals surface area contributed by atoms with Gasteiger partial charge in [-0.1, -0.05) is 61.0 Å². The third kappa shape index (κ3) is 8.90. The van der Waals surface area contributed by atoms with Gasteiger partial charge in [-0.15, -0.1) is 0 Å². The lowest BCUT2D eigenvalue weighted by atomic mass is 10.00. The molecule has 2 atom stereocenters. The maximum Gasteiger partial charge on any atom is 0.408 e. The summed E-state index contributed by atoms with van der Waals surface area (Å²) in [5.74, 6) is -2.15. The molecule has 0 heterocycles. The summed E-state index contributed by atoms with van der Waals surface area (Å²) < 4.78 is 5.27. The lowest BCUT2D eigenvalue weighted by Crippen LogP contribution is -2.51. The van der Waals surface area contributed by atoms with E-state index in [-0.39, 0.29) is 12.8 Å². The predicted molar refractivity (Wildman–Crippen MR) is 151 cm³/mol. The highest BCUT2D eigenvalue weighted by molar-refractivity contribution is 6.34. The number of hydrogen-bond donors (Lipinski definition) is 3. The van der Waals surface area contributed by atoms with E-state index in [1.165, 1.54) is 0 Å². The molecule has 0 fully saturated rings. The molecule has 0 aromatic heterocycles. The van der Waals surface area contributed by atoms with Crippen molar-refractivity contribution in [3.63, 3.8) is 0 Å². The molecule has 206 valence electrons. The lowest BCUT2D eigenvalue weighted by molar-refractivity contribution is -0.137. The van der Waals surface area contributed by atoms with E-state index >= 15 is 0 Å². The van der Waals surface area contributed by atoms with Gasteiger partial charge in [0.25, 0.3) is 11.8 Å². The Hall–Kier alpha value is -4.29. The van der Waals surface area contributed by atoms with Crippen molar-refractivity contribution in [2.45, 2.75) is 58.2 Å². The van der Waals surface area contributed by atoms with Gasteiger partial charge in [-0.25, -0.2) is 4.79 Å². The number of carbonyl (C=O) groups is 4. The Morgan fingerprint density at radius 1 is 1.21 bits per heavy atom. The van der Waals surface area contributed by atoms with Crippen LogP contribution in [0.1, 0.15) is 56.3 Å². The number of benzene rings is 2. The fraction of sp³-hybridized carbons (Fsp3) is 0.310. The zero-order chi connectivity index (χ0) is 29.3. The van der Waals surface area contributed by atoms with Crippen LogP contribution in [-0.4, -0.2) is 40.4 Å². The number of nitrogens with one attached hydrogen (secondary N) is 2. The van der Waals surface area contributed by atoms with Crippen molar-refractivity contribution in [3.05, 3.63) is 70.8 Å². The maximum atomic E-state index is 13.8. The summed E-state index contributed by atoms with van der Waals surface area (Å²) in [5, 5.41) is 5.53. The molecule has 2 aromatic rings. The van der Waals surface area contributed by atoms with Crippen LogP contribution in [0.5, 0.6) is 0 Å². The van der Waals surface area contributed by atoms with Crippen LogP contribution >= 0.6 is 11.6 Å². The molecule has 0 aliphatic heterocycles. The average Bonchev–Trinajstić information content (AvgIpc) is 2.85. The second-order valence-corrected chi connectivity index (χ2v) is 10.1. The van der Waals surface area contributed by atoms with Crippen LogP contribution in [0.15, 0.2) is 49.0 Å². The van der Waals surface area contributed by atoms with E-state index in [4.69, 9.17) is 28.5 Å². The highest BCUT2D eigenvalue weighted by Gasteiger charge is 2.36. The number of carbonyl (C=O) groups excluding carboxylic acids is 4. The number of primary amides is 1. The SMILES string of the molecule is C#CN(C(=O)C(CCC(N)=O)NC(=O)OC(C)(C)C)C(C(=O)Nc1c(C)cccc1Cl)c1cccc(C=C)c1. The normalized spacial score (nSPS) is 12.3. The number of ether oxygens (including phenoxy) is 1. The number of aryl methyl sites for hydroxylation is 1. The average molecular weight is 553 g/mol. The standard InChI is InChI=1S/C29H33ClN4O5/c1-7-19-12-10-13-20(17-19)25(26(36)33-24-18(3)11-9-14-21(24)30)34(8-2)27(37)22(15-16-23(31)35)32-28(38)39-29(4,5)6/h2,7,9-14,17,22,25H,1,15-16H2,3-6H3,(H2,31,35)(H,32,38)(H,33,36). The van der Waals surface area contributed by atoms with Crippen molar-refractivity contribution in [3.8, 4) is 12.5 Å². The zero-order valence-corrected chi connectivity index (χ0v) is 23.2. The Bertz CT molecular complexity index is 1280. The molecule has 2 aromatic carbocycles. The van der Waals surface area contributed by atoms with E-state index < -0.39 is 41.5 Å². The van der Waals surface area contributed by atoms with Crippen LogP contribution in [0.2, 0.25) is 5.02 Å². The van der Waals surface area contributed by atoms with Gasteiger partial charge in [0.1, 0.15) is 17.7 Å². The van der Waals surface area contributed by atoms with Gasteiger partial charge in [0.15, 0.2) is 0 Å². The fourth-order valence-corrected chi connectivity index (χ4v) is 3.95. The Kier molecular flexibility index (Phi) is 10.7. The number of para-hydroxylation sites is 1. The maximum absolute atomic E-state index is 13.8. The molecule has 2 unspecified atom stereocenters. The van der Waals surface area contributed by atoms with Crippen LogP contribution in [-0.2, 0) is 19.1 Å².